The molecule has 3 aromatic heterocycles. The van der Waals surface area contributed by atoms with Gasteiger partial charge in [-0.1, -0.05) is 23.5 Å². The minimum Gasteiger partial charge on any atom is -0.283 e. The second-order valence-corrected chi connectivity index (χ2v) is 6.25. The normalized spacial score (nSPS) is 11.1. The third kappa shape index (κ3) is 2.18. The summed E-state index contributed by atoms with van der Waals surface area (Å²) in [7, 11) is 3.03. The second-order valence-electron chi connectivity index (χ2n) is 5.24. The van der Waals surface area contributed by atoms with Crippen LogP contribution in [0.25, 0.3) is 26.6 Å². The molecule has 0 aliphatic carbocycles. The van der Waals surface area contributed by atoms with Crippen LogP contribution in [0, 0.1) is 5.82 Å². The number of fused-ring (bicyclic) bond motifs is 3. The predicted octanol–water partition coefficient (Wildman–Crippen LogP) is 2.17. The highest BCUT2D eigenvalue weighted by Gasteiger charge is 2.17. The summed E-state index contributed by atoms with van der Waals surface area (Å²) < 4.78 is 17.1. The van der Waals surface area contributed by atoms with Crippen LogP contribution in [0.2, 0.25) is 0 Å². The van der Waals surface area contributed by atoms with Crippen molar-refractivity contribution in [2.45, 2.75) is 0 Å². The van der Waals surface area contributed by atoms with Gasteiger partial charge in [-0.15, -0.1) is 12.4 Å². The van der Waals surface area contributed by atoms with Gasteiger partial charge in [0.05, 0.1) is 4.88 Å². The Morgan fingerprint density at radius 1 is 1.08 bits per heavy atom. The van der Waals surface area contributed by atoms with E-state index in [1.807, 2.05) is 0 Å². The quantitative estimate of drug-likeness (QED) is 0.518. The van der Waals surface area contributed by atoms with Gasteiger partial charge in [-0.25, -0.2) is 14.2 Å². The predicted molar refractivity (Wildman–Crippen MR) is 93.7 cm³/mol. The van der Waals surface area contributed by atoms with Crippen LogP contribution >= 0.6 is 23.7 Å². The van der Waals surface area contributed by atoms with Crippen LogP contribution in [0.3, 0.4) is 0 Å². The zero-order valence-electron chi connectivity index (χ0n) is 12.7. The number of imidazole rings is 1. The van der Waals surface area contributed by atoms with Crippen molar-refractivity contribution >= 4 is 39.9 Å². The van der Waals surface area contributed by atoms with Crippen LogP contribution in [-0.4, -0.2) is 18.5 Å². The molecule has 0 atom stereocenters. The van der Waals surface area contributed by atoms with E-state index >= 15 is 0 Å². The van der Waals surface area contributed by atoms with Gasteiger partial charge in [0.25, 0.3) is 5.56 Å². The number of halogens is 2. The maximum atomic E-state index is 13.0. The molecule has 0 radical (unpaired) electrons. The standard InChI is InChI=1S/C15H11FN4O2S.ClH/c1-18-12-11(13(21)19(2)15(18)22)20-7-10(23-14(20)17-12)8-3-5-9(16)6-4-8;/h3-7H,1-2H3;1H. The van der Waals surface area contributed by atoms with E-state index in [2.05, 4.69) is 4.98 Å². The van der Waals surface area contributed by atoms with Crippen LogP contribution in [0.5, 0.6) is 0 Å². The number of hydrogen-bond acceptors (Lipinski definition) is 4. The summed E-state index contributed by atoms with van der Waals surface area (Å²) in [6, 6.07) is 6.13. The Morgan fingerprint density at radius 2 is 1.75 bits per heavy atom. The molecule has 0 aliphatic rings. The molecule has 4 rings (SSSR count). The lowest BCUT2D eigenvalue weighted by Crippen LogP contribution is -2.37. The molecule has 0 saturated heterocycles. The maximum Gasteiger partial charge on any atom is 0.332 e. The van der Waals surface area contributed by atoms with E-state index < -0.39 is 5.69 Å². The third-order valence-electron chi connectivity index (χ3n) is 3.84. The van der Waals surface area contributed by atoms with E-state index in [1.165, 1.54) is 35.1 Å². The Bertz CT molecular complexity index is 1190. The number of aromatic nitrogens is 4. The van der Waals surface area contributed by atoms with Crippen LogP contribution in [-0.2, 0) is 14.1 Å². The first kappa shape index (κ1) is 16.4. The molecular formula is C15H12ClFN4O2S. The van der Waals surface area contributed by atoms with E-state index in [0.717, 1.165) is 15.0 Å². The van der Waals surface area contributed by atoms with Gasteiger partial charge < -0.3 is 0 Å². The summed E-state index contributed by atoms with van der Waals surface area (Å²) in [5.41, 5.74) is 0.756. The summed E-state index contributed by atoms with van der Waals surface area (Å²) >= 11 is 1.38. The highest BCUT2D eigenvalue weighted by atomic mass is 35.5. The molecule has 0 amide bonds. The summed E-state index contributed by atoms with van der Waals surface area (Å²) in [4.78, 5) is 30.3. The van der Waals surface area contributed by atoms with Gasteiger partial charge in [0, 0.05) is 20.3 Å². The van der Waals surface area contributed by atoms with E-state index in [9.17, 15) is 14.0 Å². The van der Waals surface area contributed by atoms with Crippen molar-refractivity contribution in [2.24, 2.45) is 14.1 Å². The molecule has 1 aromatic carbocycles. The van der Waals surface area contributed by atoms with Crippen LogP contribution in [0.15, 0.2) is 40.1 Å². The van der Waals surface area contributed by atoms with Gasteiger partial charge in [-0.3, -0.25) is 18.3 Å². The van der Waals surface area contributed by atoms with E-state index in [4.69, 9.17) is 0 Å². The molecule has 0 saturated carbocycles. The molecule has 9 heteroatoms. The monoisotopic (exact) mass is 366 g/mol. The van der Waals surface area contributed by atoms with Gasteiger partial charge in [-0.2, -0.15) is 0 Å². The lowest BCUT2D eigenvalue weighted by Gasteiger charge is -2.02. The van der Waals surface area contributed by atoms with Crippen molar-refractivity contribution in [3.05, 3.63) is 57.1 Å². The Morgan fingerprint density at radius 3 is 2.42 bits per heavy atom. The van der Waals surface area contributed by atoms with Crippen molar-refractivity contribution in [3.8, 4) is 10.4 Å². The summed E-state index contributed by atoms with van der Waals surface area (Å²) in [5.74, 6) is -0.301. The number of rotatable bonds is 1. The summed E-state index contributed by atoms with van der Waals surface area (Å²) in [6.45, 7) is 0. The van der Waals surface area contributed by atoms with Crippen molar-refractivity contribution < 1.29 is 4.39 Å². The molecule has 4 aromatic rings. The molecule has 0 spiro atoms. The number of hydrogen-bond donors (Lipinski definition) is 0. The lowest BCUT2D eigenvalue weighted by molar-refractivity contribution is 0.628. The molecule has 0 bridgehead atoms. The number of aryl methyl sites for hydroxylation is 1. The highest BCUT2D eigenvalue weighted by molar-refractivity contribution is 7.20. The summed E-state index contributed by atoms with van der Waals surface area (Å²) in [6.07, 6.45) is 1.79. The number of nitrogens with zero attached hydrogens (tertiary/aromatic N) is 4. The molecule has 6 nitrogen and oxygen atoms in total. The average molecular weight is 367 g/mol. The van der Waals surface area contributed by atoms with Crippen molar-refractivity contribution in [1.29, 1.82) is 0 Å². The van der Waals surface area contributed by atoms with Gasteiger partial charge in [0.15, 0.2) is 16.1 Å². The molecule has 0 N–H and O–H groups in total. The van der Waals surface area contributed by atoms with Crippen LogP contribution < -0.4 is 11.2 Å². The molecule has 124 valence electrons. The van der Waals surface area contributed by atoms with Crippen molar-refractivity contribution in [2.75, 3.05) is 0 Å². The Labute approximate surface area is 144 Å². The Balaban J connectivity index is 0.00000169. The first-order valence-corrected chi connectivity index (χ1v) is 7.62. The van der Waals surface area contributed by atoms with E-state index in [0.29, 0.717) is 16.1 Å². The van der Waals surface area contributed by atoms with E-state index in [-0.39, 0.29) is 23.8 Å². The largest absolute Gasteiger partial charge is 0.332 e. The van der Waals surface area contributed by atoms with Crippen molar-refractivity contribution in [3.63, 3.8) is 0 Å². The zero-order valence-corrected chi connectivity index (χ0v) is 14.3. The molecule has 24 heavy (non-hydrogen) atoms. The lowest BCUT2D eigenvalue weighted by atomic mass is 10.2. The van der Waals surface area contributed by atoms with E-state index in [1.54, 1.807) is 29.8 Å². The average Bonchev–Trinajstić information content (AvgIpc) is 3.09. The fraction of sp³-hybridized carbons (Fsp3) is 0.133. The fourth-order valence-corrected chi connectivity index (χ4v) is 3.56. The van der Waals surface area contributed by atoms with Gasteiger partial charge in [0.1, 0.15) is 5.82 Å². The molecular weight excluding hydrogens is 355 g/mol. The minimum absolute atomic E-state index is 0. The number of thiazole rings is 1. The fourth-order valence-electron chi connectivity index (χ4n) is 2.58. The first-order chi connectivity index (χ1) is 11.0. The molecule has 3 heterocycles. The SMILES string of the molecule is Cl.Cn1c(=O)c2c(nc3sc(-c4ccc(F)cc4)cn32)n(C)c1=O. The minimum atomic E-state index is -0.410. The van der Waals surface area contributed by atoms with Gasteiger partial charge in [0.2, 0.25) is 0 Å². The highest BCUT2D eigenvalue weighted by Crippen LogP contribution is 2.30. The second kappa shape index (κ2) is 5.57. The zero-order chi connectivity index (χ0) is 16.3. The smallest absolute Gasteiger partial charge is 0.283 e. The molecule has 0 fully saturated rings. The molecule has 0 unspecified atom stereocenters. The topological polar surface area (TPSA) is 61.3 Å². The van der Waals surface area contributed by atoms with Crippen molar-refractivity contribution in [1.82, 2.24) is 18.5 Å². The van der Waals surface area contributed by atoms with Crippen LogP contribution in [0.1, 0.15) is 0 Å². The summed E-state index contributed by atoms with van der Waals surface area (Å²) in [5, 5.41) is 0. The molecule has 0 aliphatic heterocycles. The van der Waals surface area contributed by atoms with Gasteiger partial charge in [-0.05, 0) is 17.7 Å². The first-order valence-electron chi connectivity index (χ1n) is 6.81. The Kier molecular flexibility index (Phi) is 3.81. The van der Waals surface area contributed by atoms with Crippen LogP contribution in [0.4, 0.5) is 4.39 Å². The third-order valence-corrected chi connectivity index (χ3v) is 4.87. The van der Waals surface area contributed by atoms with Gasteiger partial charge >= 0.3 is 5.69 Å². The maximum absolute atomic E-state index is 13.0. The number of benzene rings is 1. The Hall–Kier alpha value is -2.45.